The van der Waals surface area contributed by atoms with Crippen molar-refractivity contribution < 1.29 is 0 Å². The monoisotopic (exact) mass is 236 g/mol. The molecule has 0 saturated carbocycles. The Bertz CT molecular complexity index is 523. The van der Waals surface area contributed by atoms with E-state index in [1.165, 1.54) is 5.56 Å². The molecule has 2 nitrogen and oxygen atoms in total. The molecule has 90 valence electrons. The number of aryl methyl sites for hydroxylation is 1. The van der Waals surface area contributed by atoms with E-state index in [-0.39, 0.29) is 5.92 Å². The molecule has 0 aliphatic rings. The van der Waals surface area contributed by atoms with Crippen LogP contribution in [0.5, 0.6) is 0 Å². The van der Waals surface area contributed by atoms with E-state index in [9.17, 15) is 5.26 Å². The maximum atomic E-state index is 9.29. The molecule has 1 aromatic heterocycles. The number of pyridine rings is 1. The van der Waals surface area contributed by atoms with Gasteiger partial charge in [-0.25, -0.2) is 0 Å². The van der Waals surface area contributed by atoms with Crippen molar-refractivity contribution in [1.82, 2.24) is 4.98 Å². The van der Waals surface area contributed by atoms with Crippen molar-refractivity contribution in [2.45, 2.75) is 25.7 Å². The van der Waals surface area contributed by atoms with Crippen LogP contribution in [0.15, 0.2) is 48.7 Å². The first-order valence-corrected chi connectivity index (χ1v) is 6.22. The molecule has 2 heteroatoms. The third kappa shape index (κ3) is 2.95. The van der Waals surface area contributed by atoms with Gasteiger partial charge in [-0.2, -0.15) is 5.26 Å². The molecule has 0 fully saturated rings. The highest BCUT2D eigenvalue weighted by atomic mass is 14.7. The number of aromatic nitrogens is 1. The maximum Gasteiger partial charge on any atom is 0.0768 e. The van der Waals surface area contributed by atoms with Crippen LogP contribution in [0, 0.1) is 11.3 Å². The van der Waals surface area contributed by atoms with Crippen LogP contribution < -0.4 is 0 Å². The van der Waals surface area contributed by atoms with Crippen molar-refractivity contribution in [3.8, 4) is 6.07 Å². The van der Waals surface area contributed by atoms with Gasteiger partial charge in [0.1, 0.15) is 0 Å². The van der Waals surface area contributed by atoms with Gasteiger partial charge in [0.2, 0.25) is 0 Å². The van der Waals surface area contributed by atoms with Gasteiger partial charge in [0.25, 0.3) is 0 Å². The molecule has 0 amide bonds. The van der Waals surface area contributed by atoms with Gasteiger partial charge in [-0.3, -0.25) is 4.98 Å². The van der Waals surface area contributed by atoms with Gasteiger partial charge in [0.15, 0.2) is 0 Å². The van der Waals surface area contributed by atoms with Crippen molar-refractivity contribution in [3.63, 3.8) is 0 Å². The predicted molar refractivity (Wildman–Crippen MR) is 72.1 cm³/mol. The van der Waals surface area contributed by atoms with Crippen molar-refractivity contribution in [2.24, 2.45) is 0 Å². The van der Waals surface area contributed by atoms with Gasteiger partial charge in [-0.15, -0.1) is 0 Å². The second kappa shape index (κ2) is 5.97. The largest absolute Gasteiger partial charge is 0.261 e. The van der Waals surface area contributed by atoms with E-state index in [0.29, 0.717) is 6.42 Å². The molecule has 0 aliphatic carbocycles. The van der Waals surface area contributed by atoms with E-state index in [0.717, 1.165) is 17.7 Å². The fourth-order valence-corrected chi connectivity index (χ4v) is 1.95. The fraction of sp³-hybridized carbons (Fsp3) is 0.250. The molecule has 1 atom stereocenters. The van der Waals surface area contributed by atoms with E-state index in [1.807, 2.05) is 18.2 Å². The Hall–Kier alpha value is -2.14. The fourth-order valence-electron chi connectivity index (χ4n) is 1.95. The van der Waals surface area contributed by atoms with Crippen molar-refractivity contribution >= 4 is 0 Å². The quantitative estimate of drug-likeness (QED) is 0.814. The summed E-state index contributed by atoms with van der Waals surface area (Å²) in [7, 11) is 0. The molecule has 0 radical (unpaired) electrons. The summed E-state index contributed by atoms with van der Waals surface area (Å²) in [5.74, 6) is -0.120. The molecule has 0 N–H and O–H groups in total. The second-order valence-corrected chi connectivity index (χ2v) is 4.30. The van der Waals surface area contributed by atoms with Gasteiger partial charge in [0, 0.05) is 18.3 Å². The second-order valence-electron chi connectivity index (χ2n) is 4.30. The zero-order chi connectivity index (χ0) is 12.8. The van der Waals surface area contributed by atoms with E-state index >= 15 is 0 Å². The molecule has 2 rings (SSSR count). The van der Waals surface area contributed by atoms with Gasteiger partial charge < -0.3 is 0 Å². The molecular formula is C16H16N2. The molecule has 1 unspecified atom stereocenters. The SMILES string of the molecule is CCc1ccc(C(C#N)Cc2ccccn2)cc1. The Labute approximate surface area is 108 Å². The molecule has 2 aromatic rings. The van der Waals surface area contributed by atoms with Gasteiger partial charge in [-0.05, 0) is 29.7 Å². The summed E-state index contributed by atoms with van der Waals surface area (Å²) in [5, 5.41) is 9.29. The van der Waals surface area contributed by atoms with Crippen LogP contribution in [0.25, 0.3) is 0 Å². The van der Waals surface area contributed by atoms with Crippen LogP contribution in [-0.2, 0) is 12.8 Å². The van der Waals surface area contributed by atoms with Crippen LogP contribution in [0.1, 0.15) is 29.7 Å². The smallest absolute Gasteiger partial charge is 0.0768 e. The molecule has 0 aliphatic heterocycles. The topological polar surface area (TPSA) is 36.7 Å². The molecule has 0 saturated heterocycles. The van der Waals surface area contributed by atoms with Crippen LogP contribution in [0.3, 0.4) is 0 Å². The Morgan fingerprint density at radius 2 is 1.94 bits per heavy atom. The van der Waals surface area contributed by atoms with Crippen LogP contribution >= 0.6 is 0 Å². The lowest BCUT2D eigenvalue weighted by atomic mass is 9.94. The number of hydrogen-bond donors (Lipinski definition) is 0. The molecule has 0 bridgehead atoms. The summed E-state index contributed by atoms with van der Waals surface area (Å²) < 4.78 is 0. The van der Waals surface area contributed by atoms with Crippen molar-refractivity contribution in [2.75, 3.05) is 0 Å². The predicted octanol–water partition coefficient (Wildman–Crippen LogP) is 3.49. The molecule has 1 aromatic carbocycles. The first kappa shape index (κ1) is 12.3. The van der Waals surface area contributed by atoms with Gasteiger partial charge in [-0.1, -0.05) is 37.3 Å². The summed E-state index contributed by atoms with van der Waals surface area (Å²) in [4.78, 5) is 4.27. The minimum Gasteiger partial charge on any atom is -0.261 e. The number of hydrogen-bond acceptors (Lipinski definition) is 2. The molecule has 18 heavy (non-hydrogen) atoms. The minimum absolute atomic E-state index is 0.120. The lowest BCUT2D eigenvalue weighted by Gasteiger charge is -2.09. The highest BCUT2D eigenvalue weighted by molar-refractivity contribution is 5.30. The van der Waals surface area contributed by atoms with Gasteiger partial charge >= 0.3 is 0 Å². The van der Waals surface area contributed by atoms with E-state index in [2.05, 4.69) is 42.2 Å². The maximum absolute atomic E-state index is 9.29. The van der Waals surface area contributed by atoms with Crippen LogP contribution in [-0.4, -0.2) is 4.98 Å². The van der Waals surface area contributed by atoms with E-state index < -0.39 is 0 Å². The van der Waals surface area contributed by atoms with Crippen LogP contribution in [0.4, 0.5) is 0 Å². The van der Waals surface area contributed by atoms with Crippen LogP contribution in [0.2, 0.25) is 0 Å². The summed E-state index contributed by atoms with van der Waals surface area (Å²) >= 11 is 0. The zero-order valence-electron chi connectivity index (χ0n) is 10.5. The third-order valence-electron chi connectivity index (χ3n) is 3.09. The van der Waals surface area contributed by atoms with Crippen molar-refractivity contribution in [1.29, 1.82) is 5.26 Å². The highest BCUT2D eigenvalue weighted by Crippen LogP contribution is 2.20. The van der Waals surface area contributed by atoms with E-state index in [4.69, 9.17) is 0 Å². The lowest BCUT2D eigenvalue weighted by molar-refractivity contribution is 0.820. The first-order chi connectivity index (χ1) is 8.83. The average Bonchev–Trinajstić information content (AvgIpc) is 2.46. The standard InChI is InChI=1S/C16H16N2/c1-2-13-6-8-14(9-7-13)15(12-17)11-16-5-3-4-10-18-16/h3-10,15H,2,11H2,1H3. The molecule has 0 spiro atoms. The summed E-state index contributed by atoms with van der Waals surface area (Å²) in [5.41, 5.74) is 3.33. The average molecular weight is 236 g/mol. The number of rotatable bonds is 4. The zero-order valence-corrected chi connectivity index (χ0v) is 10.5. The lowest BCUT2D eigenvalue weighted by Crippen LogP contribution is -2.02. The normalized spacial score (nSPS) is 11.8. The number of benzene rings is 1. The molecular weight excluding hydrogens is 220 g/mol. The van der Waals surface area contributed by atoms with E-state index in [1.54, 1.807) is 6.20 Å². The Kier molecular flexibility index (Phi) is 4.09. The Morgan fingerprint density at radius 1 is 1.17 bits per heavy atom. The summed E-state index contributed by atoms with van der Waals surface area (Å²) in [6.45, 7) is 2.13. The number of nitrogens with zero attached hydrogens (tertiary/aromatic N) is 2. The Balaban J connectivity index is 2.16. The van der Waals surface area contributed by atoms with Gasteiger partial charge in [0.05, 0.1) is 12.0 Å². The summed E-state index contributed by atoms with van der Waals surface area (Å²) in [6.07, 6.45) is 3.46. The molecule has 1 heterocycles. The summed E-state index contributed by atoms with van der Waals surface area (Å²) in [6, 6.07) is 16.5. The number of nitriles is 1. The van der Waals surface area contributed by atoms with Crippen molar-refractivity contribution in [3.05, 3.63) is 65.5 Å². The minimum atomic E-state index is -0.120. The first-order valence-electron chi connectivity index (χ1n) is 6.22. The highest BCUT2D eigenvalue weighted by Gasteiger charge is 2.11. The third-order valence-corrected chi connectivity index (χ3v) is 3.09. The Morgan fingerprint density at radius 3 is 2.50 bits per heavy atom.